The van der Waals surface area contributed by atoms with Gasteiger partial charge in [0.05, 0.1) is 18.2 Å². The largest absolute Gasteiger partial charge is 0.460 e. The molecule has 1 aromatic carbocycles. The highest BCUT2D eigenvalue weighted by Gasteiger charge is 2.33. The molecule has 3 rings (SSSR count). The zero-order valence-corrected chi connectivity index (χ0v) is 17.8. The van der Waals surface area contributed by atoms with Gasteiger partial charge in [-0.2, -0.15) is 0 Å². The molecular weight excluding hydrogens is 390 g/mol. The summed E-state index contributed by atoms with van der Waals surface area (Å²) in [6.45, 7) is 2.34. The lowest BCUT2D eigenvalue weighted by molar-refractivity contribution is -0.140. The molecule has 0 radical (unpaired) electrons. The maximum atomic E-state index is 12.8. The Labute approximate surface area is 176 Å². The molecule has 7 nitrogen and oxygen atoms in total. The van der Waals surface area contributed by atoms with Crippen LogP contribution in [0, 0.1) is 5.92 Å². The number of carbonyl (C=O) groups excluding carboxylic acids is 2. The molecule has 1 aliphatic carbocycles. The van der Waals surface area contributed by atoms with E-state index in [1.165, 1.54) is 0 Å². The van der Waals surface area contributed by atoms with E-state index in [1.807, 2.05) is 31.2 Å². The van der Waals surface area contributed by atoms with Gasteiger partial charge < -0.3 is 25.0 Å². The predicted molar refractivity (Wildman–Crippen MR) is 114 cm³/mol. The summed E-state index contributed by atoms with van der Waals surface area (Å²) in [5, 5.41) is 6.71. The van der Waals surface area contributed by atoms with Crippen LogP contribution in [0.3, 0.4) is 0 Å². The molecule has 1 heterocycles. The average Bonchev–Trinajstić information content (AvgIpc) is 2.64. The molecule has 0 saturated heterocycles. The van der Waals surface area contributed by atoms with E-state index in [0.717, 1.165) is 30.5 Å². The number of carbonyl (C=O) groups is 2. The van der Waals surface area contributed by atoms with Gasteiger partial charge in [0.2, 0.25) is 5.91 Å². The fourth-order valence-electron chi connectivity index (χ4n) is 3.36. The third-order valence-corrected chi connectivity index (χ3v) is 5.85. The fourth-order valence-corrected chi connectivity index (χ4v) is 3.61. The second-order valence-corrected chi connectivity index (χ2v) is 7.70. The standard InChI is InChI=1S/C21H27N3O4S/c1-13-17(20(26)28-11-10-27-3)18(23-21(29)24(13)2)15-8-5-9-16(12-15)22-19(25)14-6-4-7-14/h5,8-9,12,14,18H,4,6-7,10-11H2,1-3H3,(H,22,25)(H,23,29)/t18-/m0/s1. The van der Waals surface area contributed by atoms with Gasteiger partial charge >= 0.3 is 5.97 Å². The molecular formula is C21H27N3O4S. The number of hydrogen-bond donors (Lipinski definition) is 2. The van der Waals surface area contributed by atoms with E-state index in [9.17, 15) is 9.59 Å². The molecule has 1 amide bonds. The van der Waals surface area contributed by atoms with Crippen LogP contribution in [0.25, 0.3) is 0 Å². The minimum atomic E-state index is -0.464. The summed E-state index contributed by atoms with van der Waals surface area (Å²) in [7, 11) is 3.36. The van der Waals surface area contributed by atoms with Gasteiger partial charge in [-0.3, -0.25) is 4.79 Å². The number of allylic oxidation sites excluding steroid dienone is 1. The summed E-state index contributed by atoms with van der Waals surface area (Å²) in [6, 6.07) is 7.02. The first kappa shape index (κ1) is 21.3. The Morgan fingerprint density at radius 2 is 2.07 bits per heavy atom. The third-order valence-electron chi connectivity index (χ3n) is 5.46. The number of ether oxygens (including phenoxy) is 2. The molecule has 2 aliphatic rings. The minimum Gasteiger partial charge on any atom is -0.460 e. The molecule has 156 valence electrons. The highest BCUT2D eigenvalue weighted by atomic mass is 32.1. The van der Waals surface area contributed by atoms with Crippen molar-refractivity contribution in [3.63, 3.8) is 0 Å². The predicted octanol–water partition coefficient (Wildman–Crippen LogP) is 2.75. The number of thiocarbonyl (C=S) groups is 1. The Morgan fingerprint density at radius 1 is 1.31 bits per heavy atom. The van der Waals surface area contributed by atoms with E-state index in [0.29, 0.717) is 23.0 Å². The number of nitrogens with one attached hydrogen (secondary N) is 2. The van der Waals surface area contributed by atoms with Gasteiger partial charge in [0.15, 0.2) is 5.11 Å². The lowest BCUT2D eigenvalue weighted by Crippen LogP contribution is -2.46. The number of amides is 1. The van der Waals surface area contributed by atoms with Crippen LogP contribution < -0.4 is 10.6 Å². The summed E-state index contributed by atoms with van der Waals surface area (Å²) in [5.41, 5.74) is 2.74. The van der Waals surface area contributed by atoms with Gasteiger partial charge in [0.25, 0.3) is 0 Å². The van der Waals surface area contributed by atoms with Gasteiger partial charge in [0, 0.05) is 31.5 Å². The average molecular weight is 418 g/mol. The molecule has 1 atom stereocenters. The van der Waals surface area contributed by atoms with Crippen LogP contribution in [0.1, 0.15) is 37.8 Å². The van der Waals surface area contributed by atoms with Gasteiger partial charge in [-0.15, -0.1) is 0 Å². The number of anilines is 1. The minimum absolute atomic E-state index is 0.0474. The summed E-state index contributed by atoms with van der Waals surface area (Å²) < 4.78 is 10.3. The Kier molecular flexibility index (Phi) is 6.87. The first-order chi connectivity index (χ1) is 13.9. The van der Waals surface area contributed by atoms with Crippen molar-refractivity contribution in [2.75, 3.05) is 32.7 Å². The summed E-state index contributed by atoms with van der Waals surface area (Å²) in [6.07, 6.45) is 2.99. The number of benzene rings is 1. The Morgan fingerprint density at radius 3 is 2.72 bits per heavy atom. The first-order valence-corrected chi connectivity index (χ1v) is 10.1. The van der Waals surface area contributed by atoms with E-state index in [2.05, 4.69) is 10.6 Å². The smallest absolute Gasteiger partial charge is 0.338 e. The fraction of sp³-hybridized carbons (Fsp3) is 0.476. The van der Waals surface area contributed by atoms with Crippen LogP contribution in [0.2, 0.25) is 0 Å². The third kappa shape index (κ3) is 4.76. The van der Waals surface area contributed by atoms with Gasteiger partial charge in [-0.1, -0.05) is 18.6 Å². The molecule has 1 aliphatic heterocycles. The maximum Gasteiger partial charge on any atom is 0.338 e. The first-order valence-electron chi connectivity index (χ1n) is 9.74. The summed E-state index contributed by atoms with van der Waals surface area (Å²) >= 11 is 5.43. The number of methoxy groups -OCH3 is 1. The molecule has 8 heteroatoms. The topological polar surface area (TPSA) is 79.9 Å². The van der Waals surface area contributed by atoms with E-state index in [1.54, 1.807) is 19.1 Å². The number of rotatable bonds is 7. The molecule has 2 N–H and O–H groups in total. The zero-order valence-electron chi connectivity index (χ0n) is 17.0. The lowest BCUT2D eigenvalue weighted by atomic mass is 9.85. The molecule has 1 aromatic rings. The van der Waals surface area contributed by atoms with Crippen molar-refractivity contribution in [3.05, 3.63) is 41.1 Å². The molecule has 0 aromatic heterocycles. The van der Waals surface area contributed by atoms with Crippen LogP contribution in [0.5, 0.6) is 0 Å². The monoisotopic (exact) mass is 417 g/mol. The highest BCUT2D eigenvalue weighted by molar-refractivity contribution is 7.80. The number of nitrogens with zero attached hydrogens (tertiary/aromatic N) is 1. The van der Waals surface area contributed by atoms with Crippen molar-refractivity contribution in [2.24, 2.45) is 5.92 Å². The second-order valence-electron chi connectivity index (χ2n) is 7.31. The van der Waals surface area contributed by atoms with Crippen molar-refractivity contribution in [3.8, 4) is 0 Å². The van der Waals surface area contributed by atoms with E-state index in [-0.39, 0.29) is 18.4 Å². The number of hydrogen-bond acceptors (Lipinski definition) is 5. The molecule has 0 bridgehead atoms. The highest BCUT2D eigenvalue weighted by Crippen LogP contribution is 2.32. The Bertz CT molecular complexity index is 835. The summed E-state index contributed by atoms with van der Waals surface area (Å²) in [5.74, 6) is -0.275. The quantitative estimate of drug-likeness (QED) is 0.401. The SMILES string of the molecule is COCCOC(=O)C1=C(C)N(C)C(=S)N[C@H]1c1cccc(NC(=O)C2CCC2)c1. The Hall–Kier alpha value is -2.45. The van der Waals surface area contributed by atoms with Gasteiger partial charge in [-0.25, -0.2) is 4.79 Å². The van der Waals surface area contributed by atoms with Crippen molar-refractivity contribution >= 4 is 34.9 Å². The van der Waals surface area contributed by atoms with Crippen LogP contribution in [-0.2, 0) is 19.1 Å². The van der Waals surface area contributed by atoms with Crippen molar-refractivity contribution in [2.45, 2.75) is 32.2 Å². The van der Waals surface area contributed by atoms with Crippen LogP contribution >= 0.6 is 12.2 Å². The van der Waals surface area contributed by atoms with E-state index >= 15 is 0 Å². The van der Waals surface area contributed by atoms with Crippen LogP contribution in [0.4, 0.5) is 5.69 Å². The maximum absolute atomic E-state index is 12.8. The number of esters is 1. The van der Waals surface area contributed by atoms with E-state index < -0.39 is 12.0 Å². The van der Waals surface area contributed by atoms with Crippen LogP contribution in [0.15, 0.2) is 35.5 Å². The molecule has 0 unspecified atom stereocenters. The summed E-state index contributed by atoms with van der Waals surface area (Å²) in [4.78, 5) is 26.9. The van der Waals surface area contributed by atoms with Crippen molar-refractivity contribution in [1.29, 1.82) is 0 Å². The molecule has 29 heavy (non-hydrogen) atoms. The molecule has 1 fully saturated rings. The lowest BCUT2D eigenvalue weighted by Gasteiger charge is -2.35. The van der Waals surface area contributed by atoms with Crippen molar-refractivity contribution in [1.82, 2.24) is 10.2 Å². The second kappa shape index (κ2) is 9.37. The van der Waals surface area contributed by atoms with Crippen LogP contribution in [-0.4, -0.2) is 49.3 Å². The van der Waals surface area contributed by atoms with Gasteiger partial charge in [0.1, 0.15) is 6.61 Å². The molecule has 1 saturated carbocycles. The Balaban J connectivity index is 1.85. The normalized spacial score (nSPS) is 19.5. The molecule has 0 spiro atoms. The van der Waals surface area contributed by atoms with Gasteiger partial charge in [-0.05, 0) is 49.7 Å². The van der Waals surface area contributed by atoms with E-state index in [4.69, 9.17) is 21.7 Å². The van der Waals surface area contributed by atoms with Crippen molar-refractivity contribution < 1.29 is 19.1 Å². The zero-order chi connectivity index (χ0) is 21.0.